The second-order valence-electron chi connectivity index (χ2n) is 8.55. The van der Waals surface area contributed by atoms with E-state index in [4.69, 9.17) is 4.42 Å². The number of benzene rings is 2. The highest BCUT2D eigenvalue weighted by molar-refractivity contribution is 5.97. The molecule has 3 aromatic heterocycles. The number of aryl methyl sites for hydroxylation is 1. The van der Waals surface area contributed by atoms with Crippen molar-refractivity contribution in [1.29, 1.82) is 0 Å². The number of hydrogen-bond acceptors (Lipinski definition) is 9. The van der Waals surface area contributed by atoms with Crippen LogP contribution in [0, 0.1) is 0 Å². The third-order valence-corrected chi connectivity index (χ3v) is 6.22. The zero-order valence-corrected chi connectivity index (χ0v) is 19.2. The van der Waals surface area contributed by atoms with Crippen LogP contribution in [-0.4, -0.2) is 36.9 Å². The summed E-state index contributed by atoms with van der Waals surface area (Å²) < 4.78 is 9.80. The topological polar surface area (TPSA) is 169 Å². The molecule has 1 atom stereocenters. The molecule has 1 aliphatic rings. The second kappa shape index (κ2) is 9.15. The van der Waals surface area contributed by atoms with Crippen LogP contribution in [-0.2, 0) is 13.0 Å². The molecule has 184 valence electrons. The number of nitrogens with zero attached hydrogens (tertiary/aromatic N) is 4. The van der Waals surface area contributed by atoms with E-state index in [9.17, 15) is 14.4 Å². The molecule has 3 heterocycles. The second-order valence-corrected chi connectivity index (χ2v) is 8.55. The molecule has 0 bridgehead atoms. The number of carbonyl (C=O) groups excluding carboxylic acids is 2. The molecule has 37 heavy (non-hydrogen) atoms. The number of nitrogens with one attached hydrogen (secondary N) is 3. The van der Waals surface area contributed by atoms with E-state index in [1.54, 1.807) is 6.07 Å². The maximum atomic E-state index is 12.9. The van der Waals surface area contributed by atoms with Crippen LogP contribution in [0.1, 0.15) is 50.1 Å². The minimum atomic E-state index is -0.619. The van der Waals surface area contributed by atoms with E-state index in [1.165, 1.54) is 18.8 Å². The Balaban J connectivity index is 1.12. The van der Waals surface area contributed by atoms with Crippen LogP contribution in [0.5, 0.6) is 0 Å². The molecule has 0 fully saturated rings. The van der Waals surface area contributed by atoms with Gasteiger partial charge in [0.2, 0.25) is 0 Å². The van der Waals surface area contributed by atoms with Crippen molar-refractivity contribution in [1.82, 2.24) is 35.7 Å². The largest absolute Gasteiger partial charge is 0.443 e. The normalized spacial score (nSPS) is 14.4. The summed E-state index contributed by atoms with van der Waals surface area (Å²) in [6.07, 6.45) is 4.00. The number of amides is 2. The zero-order valence-electron chi connectivity index (χ0n) is 19.2. The molecule has 12 heteroatoms. The highest BCUT2D eigenvalue weighted by atomic mass is 16.5. The zero-order chi connectivity index (χ0) is 25.4. The van der Waals surface area contributed by atoms with Crippen LogP contribution < -0.4 is 16.4 Å². The first kappa shape index (κ1) is 22.3. The molecule has 0 radical (unpaired) electrons. The number of rotatable bonds is 6. The van der Waals surface area contributed by atoms with E-state index in [1.807, 2.05) is 30.3 Å². The monoisotopic (exact) mass is 497 g/mol. The summed E-state index contributed by atoms with van der Waals surface area (Å²) in [5, 5.41) is 9.49. The molecule has 6 rings (SSSR count). The van der Waals surface area contributed by atoms with Gasteiger partial charge < -0.3 is 15.1 Å². The smallest absolute Gasteiger partial charge is 0.439 e. The van der Waals surface area contributed by atoms with Gasteiger partial charge in [-0.3, -0.25) is 19.1 Å². The summed E-state index contributed by atoms with van der Waals surface area (Å²) >= 11 is 0. The van der Waals surface area contributed by atoms with Crippen LogP contribution >= 0.6 is 0 Å². The Morgan fingerprint density at radius 1 is 1.03 bits per heavy atom. The highest BCUT2D eigenvalue weighted by Gasteiger charge is 2.26. The number of aromatic nitrogens is 5. The van der Waals surface area contributed by atoms with Gasteiger partial charge in [0, 0.05) is 18.2 Å². The molecule has 0 saturated carbocycles. The number of aromatic amines is 1. The van der Waals surface area contributed by atoms with Gasteiger partial charge in [0.15, 0.2) is 17.8 Å². The van der Waals surface area contributed by atoms with E-state index < -0.39 is 17.6 Å². The van der Waals surface area contributed by atoms with Crippen LogP contribution in [0.4, 0.5) is 0 Å². The van der Waals surface area contributed by atoms with Crippen molar-refractivity contribution in [2.75, 3.05) is 0 Å². The number of carbonyl (C=O) groups is 2. The third-order valence-electron chi connectivity index (χ3n) is 6.22. The highest BCUT2D eigenvalue weighted by Crippen LogP contribution is 2.33. The average Bonchev–Trinajstić information content (AvgIpc) is 3.67. The van der Waals surface area contributed by atoms with Crippen molar-refractivity contribution < 1.29 is 18.5 Å². The molecule has 0 spiro atoms. The summed E-state index contributed by atoms with van der Waals surface area (Å²) in [7, 11) is 0. The minimum absolute atomic E-state index is 0.0840. The molecule has 1 aliphatic carbocycles. The van der Waals surface area contributed by atoms with E-state index in [-0.39, 0.29) is 24.0 Å². The van der Waals surface area contributed by atoms with Crippen LogP contribution in [0.15, 0.2) is 68.9 Å². The molecule has 2 aromatic carbocycles. The molecule has 0 unspecified atom stereocenters. The van der Waals surface area contributed by atoms with Gasteiger partial charge in [-0.15, -0.1) is 0 Å². The van der Waals surface area contributed by atoms with Crippen molar-refractivity contribution in [3.8, 4) is 11.4 Å². The Labute approximate surface area is 208 Å². The van der Waals surface area contributed by atoms with Crippen molar-refractivity contribution in [2.45, 2.75) is 25.4 Å². The molecule has 2 amide bonds. The Morgan fingerprint density at radius 3 is 2.73 bits per heavy atom. The first-order valence-corrected chi connectivity index (χ1v) is 11.5. The fraction of sp³-hybridized carbons (Fsp3) is 0.160. The summed E-state index contributed by atoms with van der Waals surface area (Å²) in [4.78, 5) is 51.5. The number of fused-ring (bicyclic) bond motifs is 2. The van der Waals surface area contributed by atoms with Crippen molar-refractivity contribution in [3.05, 3.63) is 93.8 Å². The Bertz CT molecular complexity index is 1700. The van der Waals surface area contributed by atoms with Gasteiger partial charge >= 0.3 is 5.76 Å². The van der Waals surface area contributed by atoms with E-state index in [0.717, 1.165) is 28.7 Å². The summed E-state index contributed by atoms with van der Waals surface area (Å²) in [5.41, 5.74) is 5.12. The van der Waals surface area contributed by atoms with Crippen molar-refractivity contribution in [3.63, 3.8) is 0 Å². The third kappa shape index (κ3) is 4.47. The molecule has 12 nitrogen and oxygen atoms in total. The van der Waals surface area contributed by atoms with E-state index in [2.05, 4.69) is 40.2 Å². The summed E-state index contributed by atoms with van der Waals surface area (Å²) in [5.74, 6) is -1.10. The minimum Gasteiger partial charge on any atom is -0.443 e. The lowest BCUT2D eigenvalue weighted by Gasteiger charge is -2.14. The molecular formula is C25H19N7O5. The van der Waals surface area contributed by atoms with Crippen LogP contribution in [0.25, 0.3) is 22.5 Å². The fourth-order valence-electron chi connectivity index (χ4n) is 4.39. The van der Waals surface area contributed by atoms with Gasteiger partial charge in [-0.2, -0.15) is 0 Å². The average molecular weight is 497 g/mol. The van der Waals surface area contributed by atoms with Crippen LogP contribution in [0.3, 0.4) is 0 Å². The van der Waals surface area contributed by atoms with Gasteiger partial charge in [0.1, 0.15) is 23.2 Å². The molecule has 3 N–H and O–H groups in total. The van der Waals surface area contributed by atoms with Gasteiger partial charge in [0.05, 0.1) is 6.04 Å². The molecule has 0 saturated heterocycles. The van der Waals surface area contributed by atoms with Gasteiger partial charge in [-0.05, 0) is 47.7 Å². The van der Waals surface area contributed by atoms with E-state index >= 15 is 0 Å². The first-order chi connectivity index (χ1) is 18.0. The standard InChI is InChI=1S/C25H19N7O5/c33-23(26-10-13-1-6-21-18(7-13)29-12-36-21)19-9-20(28-11-27-19)24(34)30-17-5-3-14-8-15(2-4-16(14)17)22-31-25(35)37-32-22/h1-2,4,6-9,11-12,17H,3,5,10H2,(H,26,33)(H,30,34)(H,31,32,35)/t17-/m0/s1. The maximum Gasteiger partial charge on any atom is 0.439 e. The SMILES string of the molecule is O=C(NCc1ccc2ocnc2c1)c1cc(C(=O)N[C@H]2CCc3cc(-c4noc(=O)[nH]4)ccc32)ncn1. The van der Waals surface area contributed by atoms with Crippen LogP contribution in [0.2, 0.25) is 0 Å². The predicted molar refractivity (Wildman–Crippen MR) is 128 cm³/mol. The van der Waals surface area contributed by atoms with Gasteiger partial charge in [0.25, 0.3) is 11.8 Å². The fourth-order valence-corrected chi connectivity index (χ4v) is 4.39. The van der Waals surface area contributed by atoms with Gasteiger partial charge in [-0.25, -0.2) is 19.7 Å². The first-order valence-electron chi connectivity index (χ1n) is 11.5. The van der Waals surface area contributed by atoms with Crippen molar-refractivity contribution in [2.24, 2.45) is 0 Å². The lowest BCUT2D eigenvalue weighted by molar-refractivity contribution is 0.0931. The predicted octanol–water partition coefficient (Wildman–Crippen LogP) is 2.31. The number of oxazole rings is 1. The van der Waals surface area contributed by atoms with Gasteiger partial charge in [-0.1, -0.05) is 23.4 Å². The van der Waals surface area contributed by atoms with E-state index in [0.29, 0.717) is 23.3 Å². The number of H-pyrrole nitrogens is 1. The van der Waals surface area contributed by atoms with Crippen molar-refractivity contribution >= 4 is 22.9 Å². The maximum absolute atomic E-state index is 12.9. The Morgan fingerprint density at radius 2 is 1.89 bits per heavy atom. The molecular weight excluding hydrogens is 478 g/mol. The quantitative estimate of drug-likeness (QED) is 0.319. The summed E-state index contributed by atoms with van der Waals surface area (Å²) in [6, 6.07) is 12.2. The lowest BCUT2D eigenvalue weighted by atomic mass is 10.0. The molecule has 5 aromatic rings. The lowest BCUT2D eigenvalue weighted by Crippen LogP contribution is -2.29. The summed E-state index contributed by atoms with van der Waals surface area (Å²) in [6.45, 7) is 0.260. The Hall–Kier alpha value is -5.13. The Kier molecular flexibility index (Phi) is 5.52. The molecule has 0 aliphatic heterocycles. The number of hydrogen-bond donors (Lipinski definition) is 3.